The number of aromatic nitrogens is 1. The van der Waals surface area contributed by atoms with Crippen LogP contribution in [0.2, 0.25) is 5.02 Å². The van der Waals surface area contributed by atoms with E-state index in [2.05, 4.69) is 23.7 Å². The lowest BCUT2D eigenvalue weighted by atomic mass is 10.1. The number of hydrogen-bond acceptors (Lipinski definition) is 2. The van der Waals surface area contributed by atoms with Crippen molar-refractivity contribution in [1.82, 2.24) is 9.88 Å². The second-order valence-corrected chi connectivity index (χ2v) is 7.95. The third-order valence-electron chi connectivity index (χ3n) is 4.95. The molecule has 1 N–H and O–H groups in total. The van der Waals surface area contributed by atoms with E-state index >= 15 is 0 Å². The van der Waals surface area contributed by atoms with Crippen molar-refractivity contribution in [2.75, 3.05) is 13.7 Å². The van der Waals surface area contributed by atoms with Crippen LogP contribution in [0.1, 0.15) is 36.3 Å². The highest BCUT2D eigenvalue weighted by atomic mass is 35.5. The maximum Gasteiger partial charge on any atom is 0.253 e. The van der Waals surface area contributed by atoms with Crippen LogP contribution in [0.4, 0.5) is 0 Å². The molecular weight excluding hydrogens is 384 g/mol. The van der Waals surface area contributed by atoms with E-state index < -0.39 is 0 Å². The van der Waals surface area contributed by atoms with Gasteiger partial charge in [0.2, 0.25) is 0 Å². The molecule has 4 nitrogen and oxygen atoms in total. The average Bonchev–Trinajstić information content (AvgIpc) is 3.05. The van der Waals surface area contributed by atoms with Crippen LogP contribution in [-0.4, -0.2) is 24.1 Å². The fraction of sp³-hybridized carbons (Fsp3) is 0.292. The number of methoxy groups -OCH3 is 1. The summed E-state index contributed by atoms with van der Waals surface area (Å²) in [6.07, 6.45) is 0.950. The van der Waals surface area contributed by atoms with Crippen molar-refractivity contribution >= 4 is 17.5 Å². The van der Waals surface area contributed by atoms with E-state index in [4.69, 9.17) is 16.3 Å². The van der Waals surface area contributed by atoms with Crippen molar-refractivity contribution in [2.45, 2.75) is 27.2 Å². The van der Waals surface area contributed by atoms with Crippen LogP contribution in [0, 0.1) is 12.8 Å². The van der Waals surface area contributed by atoms with Gasteiger partial charge in [-0.3, -0.25) is 4.79 Å². The standard InChI is InChI=1S/C24H27ClN2O2/c1-16(2)12-13-26-24(28)22-15-23(18-8-10-19(25)11-9-18)27(17(22)3)20-6-5-7-21(14-20)29-4/h5-11,14-16H,12-13H2,1-4H3,(H,26,28). The topological polar surface area (TPSA) is 43.3 Å². The van der Waals surface area contributed by atoms with Crippen LogP contribution in [0.15, 0.2) is 54.6 Å². The Balaban J connectivity index is 2.08. The first kappa shape index (κ1) is 21.0. The summed E-state index contributed by atoms with van der Waals surface area (Å²) in [7, 11) is 1.65. The van der Waals surface area contributed by atoms with E-state index in [0.29, 0.717) is 23.0 Å². The molecule has 0 saturated heterocycles. The Morgan fingerprint density at radius 2 is 1.86 bits per heavy atom. The third-order valence-corrected chi connectivity index (χ3v) is 5.20. The van der Waals surface area contributed by atoms with E-state index in [-0.39, 0.29) is 5.91 Å². The molecule has 0 aliphatic heterocycles. The minimum atomic E-state index is -0.0555. The summed E-state index contributed by atoms with van der Waals surface area (Å²) >= 11 is 6.08. The minimum Gasteiger partial charge on any atom is -0.497 e. The summed E-state index contributed by atoms with van der Waals surface area (Å²) in [5.41, 5.74) is 4.41. The number of ether oxygens (including phenoxy) is 1. The molecule has 0 bridgehead atoms. The van der Waals surface area contributed by atoms with E-state index in [1.54, 1.807) is 7.11 Å². The zero-order valence-corrected chi connectivity index (χ0v) is 18.1. The fourth-order valence-electron chi connectivity index (χ4n) is 3.32. The highest BCUT2D eigenvalue weighted by Crippen LogP contribution is 2.31. The van der Waals surface area contributed by atoms with Crippen molar-refractivity contribution in [3.8, 4) is 22.7 Å². The second-order valence-electron chi connectivity index (χ2n) is 7.51. The molecule has 5 heteroatoms. The van der Waals surface area contributed by atoms with Crippen molar-refractivity contribution < 1.29 is 9.53 Å². The number of carbonyl (C=O) groups excluding carboxylic acids is 1. The Kier molecular flexibility index (Phi) is 6.65. The van der Waals surface area contributed by atoms with Crippen LogP contribution in [0.5, 0.6) is 5.75 Å². The molecule has 1 aromatic heterocycles. The van der Waals surface area contributed by atoms with Gasteiger partial charge in [-0.1, -0.05) is 43.6 Å². The van der Waals surface area contributed by atoms with Gasteiger partial charge in [0.05, 0.1) is 18.4 Å². The number of nitrogens with one attached hydrogen (secondary N) is 1. The number of rotatable bonds is 7. The Morgan fingerprint density at radius 1 is 1.14 bits per heavy atom. The van der Waals surface area contributed by atoms with Crippen molar-refractivity contribution in [2.24, 2.45) is 5.92 Å². The summed E-state index contributed by atoms with van der Waals surface area (Å²) in [6, 6.07) is 17.4. The van der Waals surface area contributed by atoms with Crippen LogP contribution in [0.3, 0.4) is 0 Å². The second kappa shape index (κ2) is 9.19. The summed E-state index contributed by atoms with van der Waals surface area (Å²) in [4.78, 5) is 12.9. The van der Waals surface area contributed by atoms with Gasteiger partial charge in [0, 0.05) is 29.0 Å². The zero-order valence-electron chi connectivity index (χ0n) is 17.3. The molecule has 1 heterocycles. The molecule has 29 heavy (non-hydrogen) atoms. The normalized spacial score (nSPS) is 11.0. The predicted octanol–water partition coefficient (Wildman–Crippen LogP) is 5.89. The molecule has 1 amide bonds. The molecule has 0 aliphatic rings. The molecule has 2 aromatic carbocycles. The third kappa shape index (κ3) is 4.83. The number of halogens is 1. The first-order chi connectivity index (χ1) is 13.9. The van der Waals surface area contributed by atoms with E-state index in [1.807, 2.05) is 61.5 Å². The van der Waals surface area contributed by atoms with Gasteiger partial charge in [0.15, 0.2) is 0 Å². The van der Waals surface area contributed by atoms with Gasteiger partial charge in [0.1, 0.15) is 5.75 Å². The van der Waals surface area contributed by atoms with Crippen LogP contribution in [-0.2, 0) is 0 Å². The lowest BCUT2D eigenvalue weighted by Gasteiger charge is -2.14. The highest BCUT2D eigenvalue weighted by Gasteiger charge is 2.20. The number of nitrogens with zero attached hydrogens (tertiary/aromatic N) is 1. The fourth-order valence-corrected chi connectivity index (χ4v) is 3.45. The number of hydrogen-bond donors (Lipinski definition) is 1. The van der Waals surface area contributed by atoms with E-state index in [0.717, 1.165) is 34.8 Å². The summed E-state index contributed by atoms with van der Waals surface area (Å²) in [5, 5.41) is 3.73. The molecule has 3 rings (SSSR count). The van der Waals surface area contributed by atoms with Gasteiger partial charge in [-0.25, -0.2) is 0 Å². The molecule has 0 radical (unpaired) electrons. The molecule has 0 spiro atoms. The Labute approximate surface area is 177 Å². The largest absolute Gasteiger partial charge is 0.497 e. The number of benzene rings is 2. The van der Waals surface area contributed by atoms with Gasteiger partial charge in [-0.05, 0) is 55.2 Å². The molecule has 0 aliphatic carbocycles. The van der Waals surface area contributed by atoms with Crippen molar-refractivity contribution in [3.63, 3.8) is 0 Å². The van der Waals surface area contributed by atoms with Crippen LogP contribution < -0.4 is 10.1 Å². The smallest absolute Gasteiger partial charge is 0.253 e. The summed E-state index contributed by atoms with van der Waals surface area (Å²) < 4.78 is 7.48. The molecule has 0 saturated carbocycles. The Bertz CT molecular complexity index is 991. The highest BCUT2D eigenvalue weighted by molar-refractivity contribution is 6.30. The van der Waals surface area contributed by atoms with E-state index in [1.165, 1.54) is 0 Å². The molecule has 0 atom stereocenters. The monoisotopic (exact) mass is 410 g/mol. The van der Waals surface area contributed by atoms with Gasteiger partial charge in [0.25, 0.3) is 5.91 Å². The van der Waals surface area contributed by atoms with Crippen LogP contribution in [0.25, 0.3) is 16.9 Å². The predicted molar refractivity (Wildman–Crippen MR) is 119 cm³/mol. The number of carbonyl (C=O) groups is 1. The lowest BCUT2D eigenvalue weighted by molar-refractivity contribution is 0.0951. The first-order valence-electron chi connectivity index (χ1n) is 9.81. The zero-order chi connectivity index (χ0) is 21.0. The molecule has 0 unspecified atom stereocenters. The Morgan fingerprint density at radius 3 is 2.52 bits per heavy atom. The quantitative estimate of drug-likeness (QED) is 0.527. The summed E-state index contributed by atoms with van der Waals surface area (Å²) in [6.45, 7) is 6.93. The SMILES string of the molecule is COc1cccc(-n2c(-c3ccc(Cl)cc3)cc(C(=O)NCCC(C)C)c2C)c1. The van der Waals surface area contributed by atoms with Gasteiger partial charge < -0.3 is 14.6 Å². The lowest BCUT2D eigenvalue weighted by Crippen LogP contribution is -2.25. The molecular formula is C24H27ClN2O2. The van der Waals surface area contributed by atoms with Gasteiger partial charge in [-0.15, -0.1) is 0 Å². The van der Waals surface area contributed by atoms with Crippen molar-refractivity contribution in [1.29, 1.82) is 0 Å². The van der Waals surface area contributed by atoms with Gasteiger partial charge >= 0.3 is 0 Å². The van der Waals surface area contributed by atoms with E-state index in [9.17, 15) is 4.79 Å². The average molecular weight is 411 g/mol. The van der Waals surface area contributed by atoms with Crippen molar-refractivity contribution in [3.05, 3.63) is 70.9 Å². The summed E-state index contributed by atoms with van der Waals surface area (Å²) in [5.74, 6) is 1.25. The maximum atomic E-state index is 12.9. The minimum absolute atomic E-state index is 0.0555. The molecule has 0 fully saturated rings. The van der Waals surface area contributed by atoms with Crippen LogP contribution >= 0.6 is 11.6 Å². The maximum absolute atomic E-state index is 12.9. The number of amides is 1. The molecule has 152 valence electrons. The molecule has 3 aromatic rings. The first-order valence-corrected chi connectivity index (χ1v) is 10.2. The Hall–Kier alpha value is -2.72. The van der Waals surface area contributed by atoms with Gasteiger partial charge in [-0.2, -0.15) is 0 Å².